The first-order valence-corrected chi connectivity index (χ1v) is 4.32. The summed E-state index contributed by atoms with van der Waals surface area (Å²) in [4.78, 5) is 11.0. The van der Waals surface area contributed by atoms with Gasteiger partial charge in [0.15, 0.2) is 5.82 Å². The lowest BCUT2D eigenvalue weighted by molar-refractivity contribution is 0.383. The molecule has 0 fully saturated rings. The van der Waals surface area contributed by atoms with E-state index in [-0.39, 0.29) is 0 Å². The van der Waals surface area contributed by atoms with Crippen molar-refractivity contribution in [2.75, 3.05) is 5.88 Å². The van der Waals surface area contributed by atoms with Gasteiger partial charge >= 0.3 is 0 Å². The van der Waals surface area contributed by atoms with Gasteiger partial charge in [0.2, 0.25) is 11.7 Å². The van der Waals surface area contributed by atoms with Crippen molar-refractivity contribution >= 4 is 11.6 Å². The van der Waals surface area contributed by atoms with Crippen LogP contribution >= 0.6 is 11.6 Å². The first-order chi connectivity index (χ1) is 6.40. The van der Waals surface area contributed by atoms with Gasteiger partial charge in [0.1, 0.15) is 0 Å². The van der Waals surface area contributed by atoms with Crippen molar-refractivity contribution < 1.29 is 4.52 Å². The van der Waals surface area contributed by atoms with Gasteiger partial charge in [-0.25, -0.2) is 4.98 Å². The normalized spacial score (nSPS) is 10.5. The number of nitrogens with one attached hydrogen (secondary N) is 1. The number of hydrogen-bond donors (Lipinski definition) is 1. The van der Waals surface area contributed by atoms with E-state index in [0.717, 1.165) is 0 Å². The number of imidazole rings is 1. The molecule has 2 aromatic heterocycles. The molecule has 0 aliphatic carbocycles. The number of nitrogens with zero attached hydrogens (tertiary/aromatic N) is 3. The van der Waals surface area contributed by atoms with E-state index in [4.69, 9.17) is 16.1 Å². The van der Waals surface area contributed by atoms with Crippen LogP contribution in [0.2, 0.25) is 0 Å². The molecule has 0 aliphatic heterocycles. The standard InChI is InChI=1S/C7H7ClN4O/c8-2-1-5-11-7(12-13-5)6-9-3-4-10-6/h3-4H,1-2H2,(H,9,10). The Kier molecular flexibility index (Phi) is 2.27. The number of aromatic nitrogens is 4. The van der Waals surface area contributed by atoms with E-state index in [1.165, 1.54) is 0 Å². The van der Waals surface area contributed by atoms with Crippen LogP contribution in [0.25, 0.3) is 11.6 Å². The van der Waals surface area contributed by atoms with Crippen molar-refractivity contribution in [1.82, 2.24) is 20.1 Å². The highest BCUT2D eigenvalue weighted by Crippen LogP contribution is 2.09. The van der Waals surface area contributed by atoms with Crippen molar-refractivity contribution in [3.05, 3.63) is 18.3 Å². The number of aromatic amines is 1. The third-order valence-electron chi connectivity index (χ3n) is 1.49. The number of aryl methyl sites for hydroxylation is 1. The molecule has 1 N–H and O–H groups in total. The Morgan fingerprint density at radius 3 is 3.15 bits per heavy atom. The van der Waals surface area contributed by atoms with Crippen molar-refractivity contribution in [3.63, 3.8) is 0 Å². The van der Waals surface area contributed by atoms with Crippen molar-refractivity contribution in [2.24, 2.45) is 0 Å². The van der Waals surface area contributed by atoms with Crippen LogP contribution in [0.15, 0.2) is 16.9 Å². The zero-order valence-corrected chi connectivity index (χ0v) is 7.45. The lowest BCUT2D eigenvalue weighted by Gasteiger charge is -1.83. The van der Waals surface area contributed by atoms with E-state index in [9.17, 15) is 0 Å². The van der Waals surface area contributed by atoms with Crippen molar-refractivity contribution in [1.29, 1.82) is 0 Å². The maximum atomic E-state index is 5.52. The van der Waals surface area contributed by atoms with Gasteiger partial charge in [-0.15, -0.1) is 11.6 Å². The first-order valence-electron chi connectivity index (χ1n) is 3.78. The largest absolute Gasteiger partial charge is 0.342 e. The topological polar surface area (TPSA) is 67.6 Å². The molecule has 0 unspecified atom stereocenters. The summed E-state index contributed by atoms with van der Waals surface area (Å²) in [5.74, 6) is 2.07. The molecule has 6 heteroatoms. The lowest BCUT2D eigenvalue weighted by Crippen LogP contribution is -1.86. The van der Waals surface area contributed by atoms with Gasteiger partial charge < -0.3 is 9.51 Å². The summed E-state index contributed by atoms with van der Waals surface area (Å²) in [6, 6.07) is 0. The van der Waals surface area contributed by atoms with E-state index in [0.29, 0.717) is 29.8 Å². The average Bonchev–Trinajstić information content (AvgIpc) is 2.70. The monoisotopic (exact) mass is 198 g/mol. The van der Waals surface area contributed by atoms with Gasteiger partial charge in [0, 0.05) is 24.7 Å². The SMILES string of the molecule is ClCCc1nc(-c2ncc[nH]2)no1. The molecule has 68 valence electrons. The predicted octanol–water partition coefficient (Wildman–Crippen LogP) is 1.24. The molecule has 0 saturated carbocycles. The Labute approximate surface area is 79.1 Å². The minimum absolute atomic E-state index is 0.463. The minimum atomic E-state index is 0.463. The molecular formula is C7H7ClN4O. The maximum Gasteiger partial charge on any atom is 0.238 e. The molecule has 2 heterocycles. The van der Waals surface area contributed by atoms with Crippen LogP contribution in [0, 0.1) is 0 Å². The summed E-state index contributed by atoms with van der Waals surface area (Å²) in [6.45, 7) is 0. The van der Waals surface area contributed by atoms with Gasteiger partial charge in [0.25, 0.3) is 0 Å². The maximum absolute atomic E-state index is 5.52. The van der Waals surface area contributed by atoms with Gasteiger partial charge in [-0.2, -0.15) is 4.98 Å². The molecule has 0 aromatic carbocycles. The zero-order valence-electron chi connectivity index (χ0n) is 6.70. The minimum Gasteiger partial charge on any atom is -0.342 e. The van der Waals surface area contributed by atoms with Crippen LogP contribution in [0.3, 0.4) is 0 Å². The number of alkyl halides is 1. The van der Waals surface area contributed by atoms with E-state index >= 15 is 0 Å². The highest BCUT2D eigenvalue weighted by Gasteiger charge is 2.08. The molecule has 0 bridgehead atoms. The molecule has 0 radical (unpaired) electrons. The summed E-state index contributed by atoms with van der Waals surface area (Å²) in [6.07, 6.45) is 3.91. The van der Waals surface area contributed by atoms with Crippen LogP contribution in [0.5, 0.6) is 0 Å². The summed E-state index contributed by atoms with van der Waals surface area (Å²) in [5.41, 5.74) is 0. The Balaban J connectivity index is 2.23. The molecule has 2 aromatic rings. The summed E-state index contributed by atoms with van der Waals surface area (Å²) >= 11 is 5.52. The molecular weight excluding hydrogens is 192 g/mol. The fourth-order valence-corrected chi connectivity index (χ4v) is 1.08. The fourth-order valence-electron chi connectivity index (χ4n) is 0.921. The molecule has 13 heavy (non-hydrogen) atoms. The fraction of sp³-hybridized carbons (Fsp3) is 0.286. The van der Waals surface area contributed by atoms with Gasteiger partial charge in [-0.1, -0.05) is 5.16 Å². The smallest absolute Gasteiger partial charge is 0.238 e. The Bertz CT molecular complexity index is 370. The van der Waals surface area contributed by atoms with Crippen LogP contribution < -0.4 is 0 Å². The highest BCUT2D eigenvalue weighted by molar-refractivity contribution is 6.17. The number of hydrogen-bond acceptors (Lipinski definition) is 4. The summed E-state index contributed by atoms with van der Waals surface area (Å²) < 4.78 is 4.92. The number of rotatable bonds is 3. The number of H-pyrrole nitrogens is 1. The number of halogens is 1. The van der Waals surface area contributed by atoms with Crippen LogP contribution in [0.4, 0.5) is 0 Å². The predicted molar refractivity (Wildman–Crippen MR) is 46.3 cm³/mol. The molecule has 5 nitrogen and oxygen atoms in total. The second kappa shape index (κ2) is 3.57. The van der Waals surface area contributed by atoms with E-state index in [1.54, 1.807) is 12.4 Å². The van der Waals surface area contributed by atoms with E-state index < -0.39 is 0 Å². The average molecular weight is 199 g/mol. The molecule has 0 amide bonds. The molecule has 0 aliphatic rings. The van der Waals surface area contributed by atoms with Crippen molar-refractivity contribution in [3.8, 4) is 11.6 Å². The van der Waals surface area contributed by atoms with E-state index in [1.807, 2.05) is 0 Å². The van der Waals surface area contributed by atoms with E-state index in [2.05, 4.69) is 20.1 Å². The Morgan fingerprint density at radius 1 is 1.54 bits per heavy atom. The van der Waals surface area contributed by atoms with Gasteiger partial charge in [-0.05, 0) is 0 Å². The quantitative estimate of drug-likeness (QED) is 0.754. The van der Waals surface area contributed by atoms with Gasteiger partial charge in [0.05, 0.1) is 0 Å². The second-order valence-corrected chi connectivity index (χ2v) is 2.77. The zero-order chi connectivity index (χ0) is 9.10. The third-order valence-corrected chi connectivity index (χ3v) is 1.68. The summed E-state index contributed by atoms with van der Waals surface area (Å²) in [7, 11) is 0. The Morgan fingerprint density at radius 2 is 2.46 bits per heavy atom. The molecule has 0 saturated heterocycles. The molecule has 0 spiro atoms. The van der Waals surface area contributed by atoms with Crippen LogP contribution in [-0.2, 0) is 6.42 Å². The van der Waals surface area contributed by atoms with Crippen LogP contribution in [-0.4, -0.2) is 26.0 Å². The molecule has 2 rings (SSSR count). The lowest BCUT2D eigenvalue weighted by atomic mass is 10.5. The van der Waals surface area contributed by atoms with Crippen molar-refractivity contribution in [2.45, 2.75) is 6.42 Å². The second-order valence-electron chi connectivity index (χ2n) is 2.39. The van der Waals surface area contributed by atoms with Crippen LogP contribution in [0.1, 0.15) is 5.89 Å². The highest BCUT2D eigenvalue weighted by atomic mass is 35.5. The third kappa shape index (κ3) is 1.70. The summed E-state index contributed by atoms with van der Waals surface area (Å²) in [5, 5.41) is 3.74. The first kappa shape index (κ1) is 8.25. The Hall–Kier alpha value is -1.36. The van der Waals surface area contributed by atoms with Gasteiger partial charge in [-0.3, -0.25) is 0 Å². The molecule has 0 atom stereocenters.